The second-order valence-corrected chi connectivity index (χ2v) is 11.5. The van der Waals surface area contributed by atoms with Gasteiger partial charge in [0.25, 0.3) is 15.9 Å². The highest BCUT2D eigenvalue weighted by molar-refractivity contribution is 9.10. The Hall–Kier alpha value is -2.64. The van der Waals surface area contributed by atoms with E-state index in [1.807, 2.05) is 31.2 Å². The molecule has 0 bridgehead atoms. The average Bonchev–Trinajstić information content (AvgIpc) is 2.83. The molecule has 3 rings (SSSR count). The van der Waals surface area contributed by atoms with Crippen LogP contribution in [-0.2, 0) is 21.2 Å². The van der Waals surface area contributed by atoms with E-state index in [9.17, 15) is 13.2 Å². The SMILES string of the molecule is CCCCc1ccc(N(C(=O)COc2ccc(C(C)C)cc2Br)S(=O)(=O)c2ccc(C)cc2)cc1. The zero-order chi connectivity index (χ0) is 25.6. The summed E-state index contributed by atoms with van der Waals surface area (Å²) < 4.78 is 34.5. The Morgan fingerprint density at radius 2 is 1.66 bits per heavy atom. The highest BCUT2D eigenvalue weighted by Crippen LogP contribution is 2.30. The Kier molecular flexibility index (Phi) is 9.14. The summed E-state index contributed by atoms with van der Waals surface area (Å²) in [5.41, 5.74) is 3.44. The topological polar surface area (TPSA) is 63.7 Å². The van der Waals surface area contributed by atoms with Crippen LogP contribution in [0.5, 0.6) is 5.75 Å². The minimum atomic E-state index is -4.14. The van der Waals surface area contributed by atoms with Crippen molar-refractivity contribution in [3.05, 3.63) is 87.9 Å². The summed E-state index contributed by atoms with van der Waals surface area (Å²) in [5.74, 6) is 0.148. The van der Waals surface area contributed by atoms with E-state index in [0.717, 1.165) is 40.3 Å². The molecular weight excluding hydrogens is 526 g/mol. The Balaban J connectivity index is 1.91. The minimum absolute atomic E-state index is 0.0500. The molecule has 5 nitrogen and oxygen atoms in total. The maximum Gasteiger partial charge on any atom is 0.278 e. The number of rotatable bonds is 10. The molecule has 7 heteroatoms. The Morgan fingerprint density at radius 1 is 1.00 bits per heavy atom. The van der Waals surface area contributed by atoms with Crippen LogP contribution in [0.3, 0.4) is 0 Å². The van der Waals surface area contributed by atoms with Gasteiger partial charge in [0.2, 0.25) is 0 Å². The lowest BCUT2D eigenvalue weighted by Crippen LogP contribution is -2.40. The fourth-order valence-corrected chi connectivity index (χ4v) is 5.52. The molecule has 0 radical (unpaired) electrons. The molecule has 0 N–H and O–H groups in total. The van der Waals surface area contributed by atoms with Crippen LogP contribution >= 0.6 is 15.9 Å². The quantitative estimate of drug-likeness (QED) is 0.268. The molecule has 0 aliphatic heterocycles. The van der Waals surface area contributed by atoms with Crippen LogP contribution in [0.4, 0.5) is 5.69 Å². The molecule has 0 unspecified atom stereocenters. The Bertz CT molecular complexity index is 1250. The maximum absolute atomic E-state index is 13.6. The molecule has 0 aromatic heterocycles. The van der Waals surface area contributed by atoms with E-state index in [0.29, 0.717) is 16.1 Å². The van der Waals surface area contributed by atoms with E-state index in [1.165, 1.54) is 12.1 Å². The molecule has 186 valence electrons. The molecule has 0 spiro atoms. The van der Waals surface area contributed by atoms with Crippen molar-refractivity contribution in [2.24, 2.45) is 0 Å². The van der Waals surface area contributed by atoms with Crippen LogP contribution in [0.15, 0.2) is 76.1 Å². The van der Waals surface area contributed by atoms with E-state index in [-0.39, 0.29) is 10.6 Å². The number of sulfonamides is 1. The van der Waals surface area contributed by atoms with Gasteiger partial charge in [-0.25, -0.2) is 8.42 Å². The van der Waals surface area contributed by atoms with E-state index in [4.69, 9.17) is 4.74 Å². The lowest BCUT2D eigenvalue weighted by molar-refractivity contribution is -0.119. The van der Waals surface area contributed by atoms with Gasteiger partial charge < -0.3 is 4.74 Å². The predicted molar refractivity (Wildman–Crippen MR) is 145 cm³/mol. The van der Waals surface area contributed by atoms with Gasteiger partial charge in [0.15, 0.2) is 6.61 Å². The molecular formula is C28H32BrNO4S. The van der Waals surface area contributed by atoms with Gasteiger partial charge in [0.05, 0.1) is 15.1 Å². The number of benzene rings is 3. The number of carbonyl (C=O) groups is 1. The second kappa shape index (κ2) is 11.9. The molecule has 0 saturated carbocycles. The summed E-state index contributed by atoms with van der Waals surface area (Å²) >= 11 is 3.49. The number of nitrogens with zero attached hydrogens (tertiary/aromatic N) is 1. The highest BCUT2D eigenvalue weighted by Gasteiger charge is 2.31. The van der Waals surface area contributed by atoms with Crippen molar-refractivity contribution in [3.8, 4) is 5.75 Å². The van der Waals surface area contributed by atoms with Gasteiger partial charge >= 0.3 is 0 Å². The van der Waals surface area contributed by atoms with Crippen molar-refractivity contribution < 1.29 is 17.9 Å². The van der Waals surface area contributed by atoms with E-state index in [2.05, 4.69) is 36.7 Å². The lowest BCUT2D eigenvalue weighted by atomic mass is 10.0. The first-order chi connectivity index (χ1) is 16.6. The Labute approximate surface area is 217 Å². The smallest absolute Gasteiger partial charge is 0.278 e. The van der Waals surface area contributed by atoms with Crippen LogP contribution in [0.25, 0.3) is 0 Å². The molecule has 0 saturated heterocycles. The average molecular weight is 559 g/mol. The summed E-state index contributed by atoms with van der Waals surface area (Å²) in [7, 11) is -4.14. The molecule has 1 amide bonds. The first-order valence-electron chi connectivity index (χ1n) is 11.8. The zero-order valence-corrected chi connectivity index (χ0v) is 23.0. The zero-order valence-electron chi connectivity index (χ0n) is 20.6. The van der Waals surface area contributed by atoms with E-state index in [1.54, 1.807) is 30.3 Å². The third-order valence-corrected chi connectivity index (χ3v) is 8.13. The first-order valence-corrected chi connectivity index (χ1v) is 14.0. The summed E-state index contributed by atoms with van der Waals surface area (Å²) in [4.78, 5) is 13.4. The fourth-order valence-electron chi connectivity index (χ4n) is 3.60. The number of hydrogen-bond donors (Lipinski definition) is 0. The van der Waals surface area contributed by atoms with Crippen molar-refractivity contribution >= 4 is 37.5 Å². The summed E-state index contributed by atoms with van der Waals surface area (Å²) in [6, 6.07) is 19.2. The number of carbonyl (C=O) groups excluding carboxylic acids is 1. The van der Waals surface area contributed by atoms with Crippen LogP contribution < -0.4 is 9.04 Å². The molecule has 35 heavy (non-hydrogen) atoms. The number of hydrogen-bond acceptors (Lipinski definition) is 4. The highest BCUT2D eigenvalue weighted by atomic mass is 79.9. The van der Waals surface area contributed by atoms with Gasteiger partial charge in [-0.05, 0) is 89.1 Å². The molecule has 0 atom stereocenters. The number of unbranched alkanes of at least 4 members (excludes halogenated alkanes) is 1. The van der Waals surface area contributed by atoms with Crippen molar-refractivity contribution in [2.75, 3.05) is 10.9 Å². The number of ether oxygens (including phenoxy) is 1. The van der Waals surface area contributed by atoms with Gasteiger partial charge in [0, 0.05) is 0 Å². The molecule has 0 heterocycles. The van der Waals surface area contributed by atoms with Crippen LogP contribution in [-0.4, -0.2) is 20.9 Å². The van der Waals surface area contributed by atoms with Crippen molar-refractivity contribution in [2.45, 2.75) is 57.8 Å². The standard InChI is InChI=1S/C28H32BrNO4S/c1-5-6-7-22-10-13-24(14-11-22)30(35(32,33)25-15-8-21(4)9-16-25)28(31)19-34-27-17-12-23(20(2)3)18-26(27)29/h8-18,20H,5-7,19H2,1-4H3. The minimum Gasteiger partial charge on any atom is -0.483 e. The van der Waals surface area contributed by atoms with Crippen LogP contribution in [0.1, 0.15) is 56.2 Å². The monoisotopic (exact) mass is 557 g/mol. The third-order valence-electron chi connectivity index (χ3n) is 5.75. The Morgan fingerprint density at radius 3 is 2.23 bits per heavy atom. The second-order valence-electron chi connectivity index (χ2n) is 8.88. The van der Waals surface area contributed by atoms with Gasteiger partial charge in [-0.15, -0.1) is 0 Å². The molecule has 0 fully saturated rings. The number of amides is 1. The molecule has 0 aliphatic carbocycles. The van der Waals surface area contributed by atoms with Crippen molar-refractivity contribution in [3.63, 3.8) is 0 Å². The number of aryl methyl sites for hydroxylation is 2. The summed E-state index contributed by atoms with van der Waals surface area (Å²) in [6.07, 6.45) is 3.01. The van der Waals surface area contributed by atoms with E-state index < -0.39 is 22.5 Å². The van der Waals surface area contributed by atoms with Gasteiger partial charge in [-0.2, -0.15) is 4.31 Å². The maximum atomic E-state index is 13.6. The fraction of sp³-hybridized carbons (Fsp3) is 0.321. The molecule has 3 aromatic rings. The van der Waals surface area contributed by atoms with Crippen molar-refractivity contribution in [1.29, 1.82) is 0 Å². The largest absolute Gasteiger partial charge is 0.483 e. The summed E-state index contributed by atoms with van der Waals surface area (Å²) in [5, 5.41) is 0. The van der Waals surface area contributed by atoms with Gasteiger partial charge in [0.1, 0.15) is 5.75 Å². The molecule has 0 aliphatic rings. The summed E-state index contributed by atoms with van der Waals surface area (Å²) in [6.45, 7) is 7.75. The van der Waals surface area contributed by atoms with Crippen molar-refractivity contribution in [1.82, 2.24) is 0 Å². The van der Waals surface area contributed by atoms with E-state index >= 15 is 0 Å². The number of anilines is 1. The van der Waals surface area contributed by atoms with Gasteiger partial charge in [-0.1, -0.05) is 63.1 Å². The molecule has 3 aromatic carbocycles. The predicted octanol–water partition coefficient (Wildman–Crippen LogP) is 7.02. The van der Waals surface area contributed by atoms with Crippen LogP contribution in [0, 0.1) is 6.92 Å². The van der Waals surface area contributed by atoms with Crippen LogP contribution in [0.2, 0.25) is 0 Å². The third kappa shape index (κ3) is 6.73. The first kappa shape index (κ1) is 27.0. The lowest BCUT2D eigenvalue weighted by Gasteiger charge is -2.23. The normalized spacial score (nSPS) is 11.5. The van der Waals surface area contributed by atoms with Gasteiger partial charge in [-0.3, -0.25) is 4.79 Å². The number of halogens is 1.